The Bertz CT molecular complexity index is 619. The first-order chi connectivity index (χ1) is 9.10. The Morgan fingerprint density at radius 1 is 1.37 bits per heavy atom. The Labute approximate surface area is 114 Å². The van der Waals surface area contributed by atoms with Crippen LogP contribution in [0, 0.1) is 0 Å². The predicted molar refractivity (Wildman–Crippen MR) is 70.3 cm³/mol. The van der Waals surface area contributed by atoms with Gasteiger partial charge in [-0.05, 0) is 18.2 Å². The summed E-state index contributed by atoms with van der Waals surface area (Å²) in [6, 6.07) is 6.43. The van der Waals surface area contributed by atoms with Crippen LogP contribution in [0.15, 0.2) is 30.6 Å². The minimum absolute atomic E-state index is 0.0860. The number of halogens is 1. The number of nitrogens with zero attached hydrogens (tertiary/aromatic N) is 2. The summed E-state index contributed by atoms with van der Waals surface area (Å²) < 4.78 is 5.04. The predicted octanol–water partition coefficient (Wildman–Crippen LogP) is 2.58. The van der Waals surface area contributed by atoms with Crippen LogP contribution in [0.1, 0.15) is 10.5 Å². The van der Waals surface area contributed by atoms with Gasteiger partial charge in [-0.25, -0.2) is 14.8 Å². The molecule has 2 rings (SSSR count). The van der Waals surface area contributed by atoms with Gasteiger partial charge in [-0.15, -0.1) is 0 Å². The molecule has 1 aromatic carbocycles. The third kappa shape index (κ3) is 3.11. The minimum atomic E-state index is -1.11. The van der Waals surface area contributed by atoms with E-state index < -0.39 is 5.97 Å². The molecule has 2 N–H and O–H groups in total. The van der Waals surface area contributed by atoms with Crippen molar-refractivity contribution < 1.29 is 14.6 Å². The molecule has 0 aliphatic carbocycles. The summed E-state index contributed by atoms with van der Waals surface area (Å²) in [6.07, 6.45) is 1.18. The van der Waals surface area contributed by atoms with E-state index in [4.69, 9.17) is 21.4 Å². The first-order valence-corrected chi connectivity index (χ1v) is 5.64. The highest BCUT2D eigenvalue weighted by Gasteiger charge is 2.07. The maximum absolute atomic E-state index is 10.8. The van der Waals surface area contributed by atoms with Gasteiger partial charge in [0.15, 0.2) is 5.69 Å². The van der Waals surface area contributed by atoms with Crippen LogP contribution in [0.2, 0.25) is 5.02 Å². The van der Waals surface area contributed by atoms with Gasteiger partial charge < -0.3 is 15.2 Å². The van der Waals surface area contributed by atoms with Gasteiger partial charge in [-0.2, -0.15) is 0 Å². The Kier molecular flexibility index (Phi) is 3.82. The topological polar surface area (TPSA) is 84.3 Å². The van der Waals surface area contributed by atoms with Crippen molar-refractivity contribution in [3.63, 3.8) is 0 Å². The van der Waals surface area contributed by atoms with Gasteiger partial charge in [0.1, 0.15) is 17.9 Å². The monoisotopic (exact) mass is 279 g/mol. The highest BCUT2D eigenvalue weighted by Crippen LogP contribution is 2.28. The molecule has 0 amide bonds. The Morgan fingerprint density at radius 3 is 2.79 bits per heavy atom. The molecule has 0 spiro atoms. The molecule has 0 unspecified atom stereocenters. The molecular weight excluding hydrogens is 270 g/mol. The summed E-state index contributed by atoms with van der Waals surface area (Å²) in [5.41, 5.74) is 0.581. The van der Waals surface area contributed by atoms with Crippen molar-refractivity contribution in [1.29, 1.82) is 0 Å². The van der Waals surface area contributed by atoms with E-state index in [9.17, 15) is 4.79 Å². The second-order valence-electron chi connectivity index (χ2n) is 3.57. The number of hydrogen-bond acceptors (Lipinski definition) is 5. The Hall–Kier alpha value is -2.34. The number of aromatic carboxylic acids is 1. The van der Waals surface area contributed by atoms with Gasteiger partial charge in [0.2, 0.25) is 0 Å². The normalized spacial score (nSPS) is 10.0. The van der Waals surface area contributed by atoms with Crippen molar-refractivity contribution in [2.75, 3.05) is 12.4 Å². The number of carbonyl (C=O) groups is 1. The molecule has 0 aliphatic heterocycles. The number of carboxylic acid groups (broad SMARTS) is 1. The summed E-state index contributed by atoms with van der Waals surface area (Å²) >= 11 is 5.99. The molecule has 0 bridgehead atoms. The highest BCUT2D eigenvalue weighted by molar-refractivity contribution is 6.32. The van der Waals surface area contributed by atoms with Crippen molar-refractivity contribution >= 4 is 29.1 Å². The summed E-state index contributed by atoms with van der Waals surface area (Å²) in [5.74, 6) is -0.187. The second-order valence-corrected chi connectivity index (χ2v) is 3.98. The van der Waals surface area contributed by atoms with Gasteiger partial charge >= 0.3 is 5.97 Å². The van der Waals surface area contributed by atoms with E-state index in [0.29, 0.717) is 22.3 Å². The zero-order valence-corrected chi connectivity index (χ0v) is 10.7. The van der Waals surface area contributed by atoms with Gasteiger partial charge in [-0.3, -0.25) is 0 Å². The van der Waals surface area contributed by atoms with Crippen LogP contribution in [0.4, 0.5) is 11.5 Å². The average molecular weight is 280 g/mol. The number of anilines is 2. The lowest BCUT2D eigenvalue weighted by molar-refractivity contribution is 0.0690. The van der Waals surface area contributed by atoms with E-state index in [-0.39, 0.29) is 5.69 Å². The van der Waals surface area contributed by atoms with Crippen molar-refractivity contribution in [2.45, 2.75) is 0 Å². The molecule has 0 radical (unpaired) electrons. The fourth-order valence-corrected chi connectivity index (χ4v) is 1.69. The zero-order valence-electron chi connectivity index (χ0n) is 9.92. The van der Waals surface area contributed by atoms with E-state index in [0.717, 1.165) is 0 Å². The second kappa shape index (κ2) is 5.53. The van der Waals surface area contributed by atoms with E-state index in [1.54, 1.807) is 18.2 Å². The van der Waals surface area contributed by atoms with Crippen LogP contribution in [-0.4, -0.2) is 28.2 Å². The van der Waals surface area contributed by atoms with E-state index >= 15 is 0 Å². The summed E-state index contributed by atoms with van der Waals surface area (Å²) in [7, 11) is 1.53. The van der Waals surface area contributed by atoms with Crippen LogP contribution in [0.5, 0.6) is 5.75 Å². The molecule has 1 aromatic heterocycles. The molecule has 1 heterocycles. The molecule has 7 heteroatoms. The number of aromatic nitrogens is 2. The maximum atomic E-state index is 10.8. The number of hydrogen-bond donors (Lipinski definition) is 2. The van der Waals surface area contributed by atoms with Crippen LogP contribution in [0.25, 0.3) is 0 Å². The van der Waals surface area contributed by atoms with E-state index in [2.05, 4.69) is 15.3 Å². The van der Waals surface area contributed by atoms with Gasteiger partial charge in [0.25, 0.3) is 0 Å². The summed E-state index contributed by atoms with van der Waals surface area (Å²) in [6.45, 7) is 0. The van der Waals surface area contributed by atoms with E-state index in [1.807, 2.05) is 0 Å². The van der Waals surface area contributed by atoms with Gasteiger partial charge in [-0.1, -0.05) is 11.6 Å². The van der Waals surface area contributed by atoms with Crippen LogP contribution < -0.4 is 10.1 Å². The first kappa shape index (κ1) is 13.1. The maximum Gasteiger partial charge on any atom is 0.354 e. The van der Waals surface area contributed by atoms with Crippen molar-refractivity contribution in [2.24, 2.45) is 0 Å². The SMILES string of the molecule is COc1ccc(Nc2cc(C(=O)O)ncn2)cc1Cl. The number of nitrogens with one attached hydrogen (secondary N) is 1. The number of methoxy groups -OCH3 is 1. The lowest BCUT2D eigenvalue weighted by Crippen LogP contribution is -2.03. The largest absolute Gasteiger partial charge is 0.495 e. The Balaban J connectivity index is 2.23. The lowest BCUT2D eigenvalue weighted by atomic mass is 10.3. The molecular formula is C12H10ClN3O3. The smallest absolute Gasteiger partial charge is 0.354 e. The zero-order chi connectivity index (χ0) is 13.8. The molecule has 19 heavy (non-hydrogen) atoms. The van der Waals surface area contributed by atoms with Crippen LogP contribution in [0.3, 0.4) is 0 Å². The summed E-state index contributed by atoms with van der Waals surface area (Å²) in [5, 5.41) is 12.2. The molecule has 98 valence electrons. The van der Waals surface area contributed by atoms with Crippen LogP contribution in [-0.2, 0) is 0 Å². The number of rotatable bonds is 4. The third-order valence-corrected chi connectivity index (χ3v) is 2.61. The number of ether oxygens (including phenoxy) is 1. The molecule has 0 saturated carbocycles. The van der Waals surface area contributed by atoms with Gasteiger partial charge in [0.05, 0.1) is 12.1 Å². The molecule has 2 aromatic rings. The average Bonchev–Trinajstić information content (AvgIpc) is 2.39. The van der Waals surface area contributed by atoms with Crippen molar-refractivity contribution in [3.8, 4) is 5.75 Å². The molecule has 0 saturated heterocycles. The van der Waals surface area contributed by atoms with Crippen molar-refractivity contribution in [3.05, 3.63) is 41.3 Å². The minimum Gasteiger partial charge on any atom is -0.495 e. The fraction of sp³-hybridized carbons (Fsp3) is 0.0833. The van der Waals surface area contributed by atoms with Crippen molar-refractivity contribution in [1.82, 2.24) is 9.97 Å². The highest BCUT2D eigenvalue weighted by atomic mass is 35.5. The third-order valence-electron chi connectivity index (χ3n) is 2.31. The molecule has 0 aliphatic rings. The lowest BCUT2D eigenvalue weighted by Gasteiger charge is -2.08. The quantitative estimate of drug-likeness (QED) is 0.895. The Morgan fingerprint density at radius 2 is 2.16 bits per heavy atom. The summed E-state index contributed by atoms with van der Waals surface area (Å²) in [4.78, 5) is 18.3. The fourth-order valence-electron chi connectivity index (χ4n) is 1.43. The van der Waals surface area contributed by atoms with Crippen LogP contribution >= 0.6 is 11.6 Å². The standard InChI is InChI=1S/C12H10ClN3O3/c1-19-10-3-2-7(4-8(10)13)16-11-5-9(12(17)18)14-6-15-11/h2-6H,1H3,(H,17,18)(H,14,15,16). The van der Waals surface area contributed by atoms with E-state index in [1.165, 1.54) is 19.5 Å². The first-order valence-electron chi connectivity index (χ1n) is 5.26. The molecule has 0 atom stereocenters. The number of benzene rings is 1. The van der Waals surface area contributed by atoms with Gasteiger partial charge in [0, 0.05) is 11.8 Å². The number of carboxylic acids is 1. The molecule has 0 fully saturated rings. The molecule has 6 nitrogen and oxygen atoms in total.